The van der Waals surface area contributed by atoms with Gasteiger partial charge in [-0.1, -0.05) is 30.3 Å². The summed E-state index contributed by atoms with van der Waals surface area (Å²) in [6.07, 6.45) is 4.26. The first-order chi connectivity index (χ1) is 14.2. The van der Waals surface area contributed by atoms with Crippen LogP contribution in [0.15, 0.2) is 78.0 Å². The van der Waals surface area contributed by atoms with E-state index in [0.717, 1.165) is 28.1 Å². The third-order valence-corrected chi connectivity index (χ3v) is 5.83. The van der Waals surface area contributed by atoms with E-state index in [1.165, 1.54) is 11.8 Å². The summed E-state index contributed by atoms with van der Waals surface area (Å²) >= 11 is 1.49. The van der Waals surface area contributed by atoms with Gasteiger partial charge in [-0.05, 0) is 47.9 Å². The van der Waals surface area contributed by atoms with Crippen molar-refractivity contribution < 1.29 is 9.59 Å². The zero-order chi connectivity index (χ0) is 20.1. The van der Waals surface area contributed by atoms with Crippen LogP contribution >= 0.6 is 11.8 Å². The van der Waals surface area contributed by atoms with Crippen molar-refractivity contribution in [2.24, 2.45) is 0 Å². The molecule has 0 fully saturated rings. The molecule has 146 valence electrons. The minimum absolute atomic E-state index is 0.00630. The topological polar surface area (TPSA) is 62.3 Å². The van der Waals surface area contributed by atoms with E-state index >= 15 is 0 Å². The number of amides is 2. The van der Waals surface area contributed by atoms with Gasteiger partial charge in [0.05, 0.1) is 5.75 Å². The van der Waals surface area contributed by atoms with Crippen molar-refractivity contribution in [3.8, 4) is 0 Å². The molecule has 2 aromatic carbocycles. The molecule has 0 aliphatic carbocycles. The van der Waals surface area contributed by atoms with Crippen LogP contribution in [0.2, 0.25) is 0 Å². The summed E-state index contributed by atoms with van der Waals surface area (Å²) in [5.74, 6) is 0.389. The van der Waals surface area contributed by atoms with E-state index in [2.05, 4.69) is 16.4 Å². The van der Waals surface area contributed by atoms with Crippen molar-refractivity contribution in [1.82, 2.24) is 10.3 Å². The number of nitrogens with one attached hydrogen (secondary N) is 1. The van der Waals surface area contributed by atoms with Gasteiger partial charge in [0.1, 0.15) is 0 Å². The number of pyridine rings is 1. The maximum Gasteiger partial charge on any atom is 0.258 e. The van der Waals surface area contributed by atoms with Crippen LogP contribution in [0.1, 0.15) is 21.5 Å². The highest BCUT2D eigenvalue weighted by molar-refractivity contribution is 8.00. The van der Waals surface area contributed by atoms with E-state index in [1.54, 1.807) is 12.4 Å². The lowest BCUT2D eigenvalue weighted by Crippen LogP contribution is -2.28. The molecule has 0 unspecified atom stereocenters. The van der Waals surface area contributed by atoms with E-state index < -0.39 is 0 Å². The lowest BCUT2D eigenvalue weighted by Gasteiger charge is -2.17. The van der Waals surface area contributed by atoms with Crippen molar-refractivity contribution in [2.75, 3.05) is 17.2 Å². The first kappa shape index (κ1) is 19.2. The first-order valence-corrected chi connectivity index (χ1v) is 10.5. The number of hydrogen-bond acceptors (Lipinski definition) is 4. The van der Waals surface area contributed by atoms with E-state index in [9.17, 15) is 9.59 Å². The smallest absolute Gasteiger partial charge is 0.258 e. The first-order valence-electron chi connectivity index (χ1n) is 9.49. The Morgan fingerprint density at radius 3 is 2.62 bits per heavy atom. The van der Waals surface area contributed by atoms with Crippen molar-refractivity contribution in [3.05, 3.63) is 89.7 Å². The molecule has 0 saturated carbocycles. The molecule has 29 heavy (non-hydrogen) atoms. The summed E-state index contributed by atoms with van der Waals surface area (Å²) in [7, 11) is 0. The second-order valence-electron chi connectivity index (χ2n) is 6.78. The Balaban J connectivity index is 1.34. The third kappa shape index (κ3) is 4.66. The Bertz CT molecular complexity index is 1010. The lowest BCUT2D eigenvalue weighted by molar-refractivity contribution is -0.118. The Morgan fingerprint density at radius 2 is 1.83 bits per heavy atom. The molecule has 5 nitrogen and oxygen atoms in total. The summed E-state index contributed by atoms with van der Waals surface area (Å²) in [5, 5.41) is 2.96. The van der Waals surface area contributed by atoms with Crippen molar-refractivity contribution in [3.63, 3.8) is 0 Å². The predicted molar refractivity (Wildman–Crippen MR) is 115 cm³/mol. The minimum atomic E-state index is -0.00630. The Kier molecular flexibility index (Phi) is 5.91. The monoisotopic (exact) mass is 403 g/mol. The van der Waals surface area contributed by atoms with Crippen LogP contribution in [0.4, 0.5) is 5.69 Å². The van der Waals surface area contributed by atoms with Crippen LogP contribution in [0, 0.1) is 0 Å². The molecule has 6 heteroatoms. The Labute approximate surface area is 174 Å². The number of hydrogen-bond donors (Lipinski definition) is 1. The molecule has 1 aliphatic heterocycles. The van der Waals surface area contributed by atoms with Crippen LogP contribution < -0.4 is 10.2 Å². The second kappa shape index (κ2) is 8.92. The average Bonchev–Trinajstić information content (AvgIpc) is 3.20. The van der Waals surface area contributed by atoms with Crippen molar-refractivity contribution >= 4 is 29.3 Å². The van der Waals surface area contributed by atoms with Crippen LogP contribution in [0.5, 0.6) is 0 Å². The molecule has 4 rings (SSSR count). The fraction of sp³-hybridized carbons (Fsp3) is 0.174. The molecule has 0 saturated heterocycles. The second-order valence-corrected chi connectivity index (χ2v) is 7.83. The van der Waals surface area contributed by atoms with Gasteiger partial charge in [-0.25, -0.2) is 0 Å². The van der Waals surface area contributed by atoms with Gasteiger partial charge in [-0.2, -0.15) is 0 Å². The van der Waals surface area contributed by atoms with Crippen LogP contribution in [-0.2, 0) is 17.8 Å². The maximum absolute atomic E-state index is 12.8. The quantitative estimate of drug-likeness (QED) is 0.638. The summed E-state index contributed by atoms with van der Waals surface area (Å²) in [6.45, 7) is 1.16. The highest BCUT2D eigenvalue weighted by Gasteiger charge is 2.25. The number of carbonyl (C=O) groups is 2. The zero-order valence-electron chi connectivity index (χ0n) is 15.9. The maximum atomic E-state index is 12.8. The van der Waals surface area contributed by atoms with Crippen LogP contribution in [0.3, 0.4) is 0 Å². The van der Waals surface area contributed by atoms with E-state index in [1.807, 2.05) is 59.5 Å². The molecular formula is C23H21N3O2S. The fourth-order valence-corrected chi connectivity index (χ4v) is 4.06. The highest BCUT2D eigenvalue weighted by Crippen LogP contribution is 2.30. The van der Waals surface area contributed by atoms with Gasteiger partial charge in [-0.15, -0.1) is 11.8 Å². The fourth-order valence-electron chi connectivity index (χ4n) is 3.35. The normalized spacial score (nSPS) is 12.5. The summed E-state index contributed by atoms with van der Waals surface area (Å²) in [5.41, 5.74) is 3.85. The van der Waals surface area contributed by atoms with E-state index in [-0.39, 0.29) is 11.8 Å². The number of thioether (sulfide) groups is 1. The van der Waals surface area contributed by atoms with Gasteiger partial charge in [0.25, 0.3) is 5.91 Å². The number of rotatable bonds is 6. The average molecular weight is 404 g/mol. The molecule has 1 aromatic heterocycles. The Hall–Kier alpha value is -3.12. The lowest BCUT2D eigenvalue weighted by atomic mass is 10.1. The standard InChI is InChI=1S/C23H21N3O2S/c27-22(16-29-20-8-11-24-12-9-20)25-15-17-6-7-21-19(14-17)10-13-26(21)23(28)18-4-2-1-3-5-18/h1-9,11-12,14H,10,13,15-16H2,(H,25,27). The number of anilines is 1. The van der Waals surface area contributed by atoms with E-state index in [4.69, 9.17) is 0 Å². The molecule has 2 heterocycles. The molecule has 1 N–H and O–H groups in total. The molecular weight excluding hydrogens is 382 g/mol. The number of carbonyl (C=O) groups excluding carboxylic acids is 2. The summed E-state index contributed by atoms with van der Waals surface area (Å²) in [6, 6.07) is 19.2. The molecule has 0 radical (unpaired) electrons. The van der Waals surface area contributed by atoms with Gasteiger partial charge >= 0.3 is 0 Å². The van der Waals surface area contributed by atoms with Gasteiger partial charge in [-0.3, -0.25) is 14.6 Å². The van der Waals surface area contributed by atoms with E-state index in [0.29, 0.717) is 24.4 Å². The van der Waals surface area contributed by atoms with Crippen molar-refractivity contribution in [2.45, 2.75) is 17.9 Å². The number of aromatic nitrogens is 1. The minimum Gasteiger partial charge on any atom is -0.351 e. The third-order valence-electron chi connectivity index (χ3n) is 4.81. The molecule has 2 amide bonds. The summed E-state index contributed by atoms with van der Waals surface area (Å²) in [4.78, 5) is 31.7. The Morgan fingerprint density at radius 1 is 1.03 bits per heavy atom. The van der Waals surface area contributed by atoms with Crippen LogP contribution in [-0.4, -0.2) is 29.1 Å². The van der Waals surface area contributed by atoms with Gasteiger partial charge in [0, 0.05) is 41.6 Å². The number of benzene rings is 2. The molecule has 0 atom stereocenters. The molecule has 0 bridgehead atoms. The zero-order valence-corrected chi connectivity index (χ0v) is 16.7. The molecule has 0 spiro atoms. The number of fused-ring (bicyclic) bond motifs is 1. The van der Waals surface area contributed by atoms with Crippen molar-refractivity contribution in [1.29, 1.82) is 0 Å². The molecule has 3 aromatic rings. The van der Waals surface area contributed by atoms with Crippen LogP contribution in [0.25, 0.3) is 0 Å². The largest absolute Gasteiger partial charge is 0.351 e. The van der Waals surface area contributed by atoms with Gasteiger partial charge in [0.2, 0.25) is 5.91 Å². The highest BCUT2D eigenvalue weighted by atomic mass is 32.2. The summed E-state index contributed by atoms with van der Waals surface area (Å²) < 4.78 is 0. The van der Waals surface area contributed by atoms with Gasteiger partial charge in [0.15, 0.2) is 0 Å². The number of nitrogens with zero attached hydrogens (tertiary/aromatic N) is 2. The predicted octanol–water partition coefficient (Wildman–Crippen LogP) is 3.69. The SMILES string of the molecule is O=C(CSc1ccncc1)NCc1ccc2c(c1)CCN2C(=O)c1ccccc1. The van der Waals surface area contributed by atoms with Gasteiger partial charge < -0.3 is 10.2 Å². The molecule has 1 aliphatic rings.